The number of esters is 2. The first-order valence-corrected chi connectivity index (χ1v) is 7.11. The number of carbonyl (C=O) groups is 2. The minimum atomic E-state index is -0.379. The van der Waals surface area contributed by atoms with Crippen LogP contribution in [0.4, 0.5) is 0 Å². The van der Waals surface area contributed by atoms with Crippen molar-refractivity contribution in [2.45, 2.75) is 51.4 Å². The maximum Gasteiger partial charge on any atom is 0.308 e. The number of carbonyl (C=O) groups excluding carboxylic acids is 2. The highest BCUT2D eigenvalue weighted by molar-refractivity contribution is 5.70. The van der Waals surface area contributed by atoms with Gasteiger partial charge in [-0.2, -0.15) is 0 Å². The molecule has 0 rings (SSSR count). The van der Waals surface area contributed by atoms with Crippen LogP contribution in [0.5, 0.6) is 0 Å². The number of hydrogen-bond donors (Lipinski definition) is 1. The number of ether oxygens (including phenoxy) is 3. The van der Waals surface area contributed by atoms with E-state index in [1.807, 2.05) is 0 Å². The van der Waals surface area contributed by atoms with Crippen LogP contribution in [0.2, 0.25) is 0 Å². The van der Waals surface area contributed by atoms with E-state index in [0.717, 1.165) is 25.7 Å². The lowest BCUT2D eigenvalue weighted by Gasteiger charge is -2.06. The van der Waals surface area contributed by atoms with Gasteiger partial charge in [0.2, 0.25) is 6.79 Å². The summed E-state index contributed by atoms with van der Waals surface area (Å²) in [5.41, 5.74) is 0. The van der Waals surface area contributed by atoms with Crippen molar-refractivity contribution in [3.63, 3.8) is 0 Å². The molecule has 0 saturated carbocycles. The van der Waals surface area contributed by atoms with Crippen LogP contribution in [0, 0.1) is 0 Å². The Bertz CT molecular complexity index is 254. The zero-order valence-electron chi connectivity index (χ0n) is 12.3. The molecule has 0 fully saturated rings. The molecule has 0 aliphatic rings. The van der Waals surface area contributed by atoms with Crippen LogP contribution in [0.3, 0.4) is 0 Å². The van der Waals surface area contributed by atoms with E-state index in [2.05, 4.69) is 0 Å². The molecule has 0 unspecified atom stereocenters. The van der Waals surface area contributed by atoms with Crippen molar-refractivity contribution in [2.75, 3.05) is 27.1 Å². The second-order valence-electron chi connectivity index (χ2n) is 4.49. The maximum absolute atomic E-state index is 11.3. The highest BCUT2D eigenvalue weighted by atomic mass is 16.7. The number of hydrogen-bond acceptors (Lipinski definition) is 6. The minimum absolute atomic E-state index is 0.136. The second-order valence-corrected chi connectivity index (χ2v) is 4.49. The van der Waals surface area contributed by atoms with E-state index in [1.165, 1.54) is 0 Å². The van der Waals surface area contributed by atoms with Crippen molar-refractivity contribution in [1.82, 2.24) is 0 Å². The molecule has 0 aliphatic carbocycles. The molecule has 0 radical (unpaired) electrons. The highest BCUT2D eigenvalue weighted by Gasteiger charge is 2.06. The van der Waals surface area contributed by atoms with Gasteiger partial charge in [0.05, 0.1) is 0 Å². The van der Waals surface area contributed by atoms with Crippen LogP contribution in [0.15, 0.2) is 0 Å². The fourth-order valence-electron chi connectivity index (χ4n) is 1.56. The summed E-state index contributed by atoms with van der Waals surface area (Å²) in [4.78, 5) is 22.5. The number of methoxy groups -OCH3 is 1. The molecule has 0 bridgehead atoms. The van der Waals surface area contributed by atoms with Crippen molar-refractivity contribution in [2.24, 2.45) is 0 Å². The summed E-state index contributed by atoms with van der Waals surface area (Å²) in [5, 5.41) is 8.57. The lowest BCUT2D eigenvalue weighted by molar-refractivity contribution is -0.167. The Morgan fingerprint density at radius 1 is 0.850 bits per heavy atom. The van der Waals surface area contributed by atoms with E-state index in [4.69, 9.17) is 19.3 Å². The summed E-state index contributed by atoms with van der Waals surface area (Å²) >= 11 is 0. The van der Waals surface area contributed by atoms with Crippen LogP contribution in [0.1, 0.15) is 51.4 Å². The standard InChI is InChI=1S/C14H26O6/c1-18-11-7-3-5-9-14(17)20-12-19-13(16)8-4-2-6-10-15/h15H,2-12H2,1H3. The van der Waals surface area contributed by atoms with Crippen LogP contribution in [-0.2, 0) is 23.8 Å². The molecular weight excluding hydrogens is 264 g/mol. The first kappa shape index (κ1) is 18.9. The molecule has 0 aromatic carbocycles. The van der Waals surface area contributed by atoms with Crippen LogP contribution in [0.25, 0.3) is 0 Å². The van der Waals surface area contributed by atoms with E-state index in [1.54, 1.807) is 7.11 Å². The third-order valence-corrected chi connectivity index (χ3v) is 2.71. The summed E-state index contributed by atoms with van der Waals surface area (Å²) in [6.07, 6.45) is 5.34. The summed E-state index contributed by atoms with van der Waals surface area (Å²) in [6, 6.07) is 0. The molecule has 0 atom stereocenters. The fourth-order valence-corrected chi connectivity index (χ4v) is 1.56. The molecule has 6 nitrogen and oxygen atoms in total. The second kappa shape index (κ2) is 14.3. The number of aliphatic hydroxyl groups excluding tert-OH is 1. The van der Waals surface area contributed by atoms with E-state index >= 15 is 0 Å². The average Bonchev–Trinajstić information content (AvgIpc) is 2.43. The molecule has 0 saturated heterocycles. The third-order valence-electron chi connectivity index (χ3n) is 2.71. The average molecular weight is 290 g/mol. The largest absolute Gasteiger partial charge is 0.428 e. The minimum Gasteiger partial charge on any atom is -0.428 e. The Kier molecular flexibility index (Phi) is 13.5. The molecule has 0 spiro atoms. The van der Waals surface area contributed by atoms with Gasteiger partial charge in [-0.1, -0.05) is 12.8 Å². The fraction of sp³-hybridized carbons (Fsp3) is 0.857. The van der Waals surface area contributed by atoms with Crippen molar-refractivity contribution in [3.8, 4) is 0 Å². The predicted molar refractivity (Wildman–Crippen MR) is 72.9 cm³/mol. The Hall–Kier alpha value is -1.14. The van der Waals surface area contributed by atoms with E-state index in [0.29, 0.717) is 25.9 Å². The van der Waals surface area contributed by atoms with Crippen molar-refractivity contribution < 1.29 is 28.9 Å². The summed E-state index contributed by atoms with van der Waals surface area (Å²) < 4.78 is 14.5. The Balaban J connectivity index is 3.35. The molecule has 20 heavy (non-hydrogen) atoms. The molecule has 0 aromatic heterocycles. The zero-order valence-corrected chi connectivity index (χ0v) is 12.3. The molecule has 0 aliphatic heterocycles. The maximum atomic E-state index is 11.3. The monoisotopic (exact) mass is 290 g/mol. The van der Waals surface area contributed by atoms with Crippen LogP contribution in [-0.4, -0.2) is 44.2 Å². The van der Waals surface area contributed by atoms with Gasteiger partial charge < -0.3 is 19.3 Å². The van der Waals surface area contributed by atoms with Crippen molar-refractivity contribution in [1.29, 1.82) is 0 Å². The quantitative estimate of drug-likeness (QED) is 0.316. The zero-order chi connectivity index (χ0) is 15.1. The van der Waals surface area contributed by atoms with E-state index in [-0.39, 0.29) is 31.8 Å². The van der Waals surface area contributed by atoms with Gasteiger partial charge in [0, 0.05) is 33.2 Å². The van der Waals surface area contributed by atoms with Gasteiger partial charge in [-0.15, -0.1) is 0 Å². The first-order valence-electron chi connectivity index (χ1n) is 7.11. The molecule has 1 N–H and O–H groups in total. The van der Waals surface area contributed by atoms with Gasteiger partial charge in [-0.05, 0) is 25.7 Å². The predicted octanol–water partition coefficient (Wildman–Crippen LogP) is 1.79. The van der Waals surface area contributed by atoms with E-state index in [9.17, 15) is 9.59 Å². The Morgan fingerprint density at radius 3 is 1.90 bits per heavy atom. The van der Waals surface area contributed by atoms with Gasteiger partial charge >= 0.3 is 11.9 Å². The van der Waals surface area contributed by atoms with Gasteiger partial charge in [-0.25, -0.2) is 0 Å². The third kappa shape index (κ3) is 13.3. The number of unbranched alkanes of at least 4 members (excludes halogenated alkanes) is 4. The molecule has 118 valence electrons. The van der Waals surface area contributed by atoms with E-state index < -0.39 is 0 Å². The van der Waals surface area contributed by atoms with Gasteiger partial charge in [0.15, 0.2) is 0 Å². The van der Waals surface area contributed by atoms with Gasteiger partial charge in [-0.3, -0.25) is 9.59 Å². The topological polar surface area (TPSA) is 82.1 Å². The Morgan fingerprint density at radius 2 is 1.40 bits per heavy atom. The normalized spacial score (nSPS) is 10.3. The smallest absolute Gasteiger partial charge is 0.308 e. The summed E-state index contributed by atoms with van der Waals surface area (Å²) in [5.74, 6) is -0.730. The van der Waals surface area contributed by atoms with Crippen molar-refractivity contribution in [3.05, 3.63) is 0 Å². The van der Waals surface area contributed by atoms with Gasteiger partial charge in [0.1, 0.15) is 0 Å². The Labute approximate surface area is 120 Å². The SMILES string of the molecule is COCCCCCC(=O)OCOC(=O)CCCCCO. The lowest BCUT2D eigenvalue weighted by Crippen LogP contribution is -2.12. The molecule has 6 heteroatoms. The summed E-state index contributed by atoms with van der Waals surface area (Å²) in [7, 11) is 1.65. The highest BCUT2D eigenvalue weighted by Crippen LogP contribution is 2.03. The van der Waals surface area contributed by atoms with Crippen LogP contribution < -0.4 is 0 Å². The molecule has 0 amide bonds. The van der Waals surface area contributed by atoms with Gasteiger partial charge in [0.25, 0.3) is 0 Å². The van der Waals surface area contributed by atoms with Crippen molar-refractivity contribution >= 4 is 11.9 Å². The number of rotatable bonds is 13. The first-order chi connectivity index (χ1) is 9.70. The number of aliphatic hydroxyl groups is 1. The molecular formula is C14H26O6. The molecule has 0 aromatic rings. The van der Waals surface area contributed by atoms with Crippen LogP contribution >= 0.6 is 0 Å². The lowest BCUT2D eigenvalue weighted by atomic mass is 10.2. The molecule has 0 heterocycles. The summed E-state index contributed by atoms with van der Waals surface area (Å²) in [6.45, 7) is 0.524.